The van der Waals surface area contributed by atoms with Gasteiger partial charge in [0.25, 0.3) is 5.91 Å². The molecule has 1 aliphatic carbocycles. The molecule has 0 bridgehead atoms. The van der Waals surface area contributed by atoms with Crippen LogP contribution in [-0.2, 0) is 0 Å². The molecule has 1 heterocycles. The van der Waals surface area contributed by atoms with Gasteiger partial charge in [0.2, 0.25) is 0 Å². The number of pyridine rings is 1. The summed E-state index contributed by atoms with van der Waals surface area (Å²) >= 11 is 0. The molecule has 0 radical (unpaired) electrons. The zero-order valence-corrected chi connectivity index (χ0v) is 14.2. The van der Waals surface area contributed by atoms with E-state index >= 15 is 0 Å². The summed E-state index contributed by atoms with van der Waals surface area (Å²) in [7, 11) is 0. The van der Waals surface area contributed by atoms with Crippen LogP contribution < -0.4 is 10.6 Å². The minimum absolute atomic E-state index is 0.132. The Kier molecular flexibility index (Phi) is 5.75. The number of amides is 1. The maximum Gasteiger partial charge on any atom is 0.270 e. The van der Waals surface area contributed by atoms with E-state index in [9.17, 15) is 18.0 Å². The lowest BCUT2D eigenvalue weighted by molar-refractivity contribution is 0.0928. The van der Waals surface area contributed by atoms with Crippen LogP contribution in [0.25, 0.3) is 0 Å². The second-order valence-corrected chi connectivity index (χ2v) is 6.44. The van der Waals surface area contributed by atoms with Crippen LogP contribution >= 0.6 is 0 Å². The third-order valence-electron chi connectivity index (χ3n) is 4.50. The zero-order chi connectivity index (χ0) is 18.5. The van der Waals surface area contributed by atoms with Gasteiger partial charge in [-0.3, -0.25) is 9.78 Å². The minimum Gasteiger partial charge on any atom is -0.353 e. The van der Waals surface area contributed by atoms with Gasteiger partial charge in [-0.1, -0.05) is 25.7 Å². The number of nitrogens with zero attached hydrogens (tertiary/aromatic N) is 1. The number of aromatic nitrogens is 1. The molecule has 1 aliphatic rings. The molecule has 1 saturated carbocycles. The summed E-state index contributed by atoms with van der Waals surface area (Å²) in [5, 5.41) is 5.63. The summed E-state index contributed by atoms with van der Waals surface area (Å²) < 4.78 is 40.1. The molecule has 3 rings (SSSR count). The van der Waals surface area contributed by atoms with E-state index in [1.807, 2.05) is 0 Å². The molecule has 0 spiro atoms. The van der Waals surface area contributed by atoms with Crippen molar-refractivity contribution in [3.05, 3.63) is 53.6 Å². The average Bonchev–Trinajstić information content (AvgIpc) is 2.91. The second kappa shape index (κ2) is 8.21. The van der Waals surface area contributed by atoms with Crippen molar-refractivity contribution in [1.82, 2.24) is 10.3 Å². The van der Waals surface area contributed by atoms with Gasteiger partial charge in [-0.2, -0.15) is 0 Å². The number of nitrogens with one attached hydrogen (secondary N) is 2. The molecule has 1 amide bonds. The Hall–Kier alpha value is -2.57. The first-order valence-corrected chi connectivity index (χ1v) is 8.72. The second-order valence-electron chi connectivity index (χ2n) is 6.44. The van der Waals surface area contributed by atoms with Crippen LogP contribution in [0.15, 0.2) is 30.5 Å². The predicted molar refractivity (Wildman–Crippen MR) is 92.8 cm³/mol. The fourth-order valence-electron chi connectivity index (χ4n) is 3.09. The van der Waals surface area contributed by atoms with Crippen molar-refractivity contribution in [2.24, 2.45) is 0 Å². The van der Waals surface area contributed by atoms with Gasteiger partial charge in [-0.15, -0.1) is 0 Å². The largest absolute Gasteiger partial charge is 0.353 e. The summed E-state index contributed by atoms with van der Waals surface area (Å²) in [4.78, 5) is 16.5. The van der Waals surface area contributed by atoms with Gasteiger partial charge in [-0.05, 0) is 37.1 Å². The maximum atomic E-state index is 13.8. The van der Waals surface area contributed by atoms with Crippen molar-refractivity contribution in [2.45, 2.75) is 44.6 Å². The number of hydrogen-bond donors (Lipinski definition) is 2. The Balaban J connectivity index is 1.71. The van der Waals surface area contributed by atoms with Crippen LogP contribution in [0.4, 0.5) is 24.5 Å². The van der Waals surface area contributed by atoms with Crippen LogP contribution in [0.2, 0.25) is 0 Å². The van der Waals surface area contributed by atoms with Crippen molar-refractivity contribution in [3.63, 3.8) is 0 Å². The normalized spacial score (nSPS) is 15.3. The fraction of sp³-hybridized carbons (Fsp3) is 0.368. The van der Waals surface area contributed by atoms with Crippen molar-refractivity contribution in [2.75, 3.05) is 5.32 Å². The Labute approximate surface area is 149 Å². The standard InChI is InChI=1S/C19H20F3N3O/c20-14-7-8-15(18(22)17(14)21)24-13-9-10-23-16(11-13)19(26)25-12-5-3-1-2-4-6-12/h7-12H,1-6H2,(H,23,24)(H,25,26). The number of carbonyl (C=O) groups excluding carboxylic acids is 1. The minimum atomic E-state index is -1.55. The SMILES string of the molecule is O=C(NC1CCCCCC1)c1cc(Nc2ccc(F)c(F)c2F)ccn1. The van der Waals surface area contributed by atoms with E-state index in [1.54, 1.807) is 0 Å². The quantitative estimate of drug-likeness (QED) is 0.612. The predicted octanol–water partition coefficient (Wildman–Crippen LogP) is 4.70. The van der Waals surface area contributed by atoms with Gasteiger partial charge in [0.1, 0.15) is 5.69 Å². The van der Waals surface area contributed by atoms with Crippen LogP contribution in [0.3, 0.4) is 0 Å². The van der Waals surface area contributed by atoms with Gasteiger partial charge >= 0.3 is 0 Å². The lowest BCUT2D eigenvalue weighted by Crippen LogP contribution is -2.34. The van der Waals surface area contributed by atoms with Crippen molar-refractivity contribution in [1.29, 1.82) is 0 Å². The number of anilines is 2. The first-order chi connectivity index (χ1) is 12.5. The summed E-state index contributed by atoms with van der Waals surface area (Å²) in [6, 6.07) is 5.03. The van der Waals surface area contributed by atoms with E-state index in [0.29, 0.717) is 5.69 Å². The Morgan fingerprint density at radius 3 is 2.46 bits per heavy atom. The third kappa shape index (κ3) is 4.33. The molecular formula is C19H20F3N3O. The molecule has 0 saturated heterocycles. The molecule has 1 aromatic carbocycles. The smallest absolute Gasteiger partial charge is 0.270 e. The van der Waals surface area contributed by atoms with Crippen LogP contribution in [-0.4, -0.2) is 16.9 Å². The fourth-order valence-corrected chi connectivity index (χ4v) is 3.09. The molecule has 7 heteroatoms. The van der Waals surface area contributed by atoms with E-state index < -0.39 is 17.5 Å². The molecule has 4 nitrogen and oxygen atoms in total. The van der Waals surface area contributed by atoms with Crippen LogP contribution in [0.1, 0.15) is 49.0 Å². The van der Waals surface area contributed by atoms with Crippen LogP contribution in [0.5, 0.6) is 0 Å². The Bertz CT molecular complexity index is 790. The highest BCUT2D eigenvalue weighted by atomic mass is 19.2. The summed E-state index contributed by atoms with van der Waals surface area (Å²) in [6.07, 6.45) is 7.86. The Morgan fingerprint density at radius 1 is 1.00 bits per heavy atom. The zero-order valence-electron chi connectivity index (χ0n) is 14.2. The van der Waals surface area contributed by atoms with E-state index in [2.05, 4.69) is 15.6 Å². The Morgan fingerprint density at radius 2 is 1.73 bits per heavy atom. The number of hydrogen-bond acceptors (Lipinski definition) is 3. The molecule has 26 heavy (non-hydrogen) atoms. The van der Waals surface area contributed by atoms with Gasteiger partial charge in [0.15, 0.2) is 17.5 Å². The molecular weight excluding hydrogens is 343 g/mol. The van der Waals surface area contributed by atoms with Crippen molar-refractivity contribution < 1.29 is 18.0 Å². The van der Waals surface area contributed by atoms with Crippen LogP contribution in [0, 0.1) is 17.5 Å². The molecule has 1 fully saturated rings. The molecule has 0 aliphatic heterocycles. The highest BCUT2D eigenvalue weighted by molar-refractivity contribution is 5.93. The van der Waals surface area contributed by atoms with Gasteiger partial charge < -0.3 is 10.6 Å². The van der Waals surface area contributed by atoms with E-state index in [0.717, 1.165) is 37.8 Å². The summed E-state index contributed by atoms with van der Waals surface area (Å²) in [6.45, 7) is 0. The van der Waals surface area contributed by atoms with Crippen molar-refractivity contribution >= 4 is 17.3 Å². The first-order valence-electron chi connectivity index (χ1n) is 8.72. The summed E-state index contributed by atoms with van der Waals surface area (Å²) in [5.74, 6) is -4.42. The van der Waals surface area contributed by atoms with Gasteiger partial charge in [-0.25, -0.2) is 13.2 Å². The highest BCUT2D eigenvalue weighted by Gasteiger charge is 2.17. The molecule has 2 N–H and O–H groups in total. The molecule has 0 atom stereocenters. The maximum absolute atomic E-state index is 13.8. The number of halogens is 3. The number of rotatable bonds is 4. The summed E-state index contributed by atoms with van der Waals surface area (Å²) in [5.41, 5.74) is 0.323. The number of benzene rings is 1. The number of carbonyl (C=O) groups is 1. The van der Waals surface area contributed by atoms with E-state index in [4.69, 9.17) is 0 Å². The molecule has 0 unspecified atom stereocenters. The molecule has 1 aromatic heterocycles. The third-order valence-corrected chi connectivity index (χ3v) is 4.50. The lowest BCUT2D eigenvalue weighted by atomic mass is 10.1. The van der Waals surface area contributed by atoms with E-state index in [1.165, 1.54) is 31.2 Å². The van der Waals surface area contributed by atoms with Gasteiger partial charge in [0, 0.05) is 17.9 Å². The first kappa shape index (κ1) is 18.2. The lowest BCUT2D eigenvalue weighted by Gasteiger charge is -2.16. The topological polar surface area (TPSA) is 54.0 Å². The van der Waals surface area contributed by atoms with Crippen molar-refractivity contribution in [3.8, 4) is 0 Å². The monoisotopic (exact) mass is 363 g/mol. The average molecular weight is 363 g/mol. The van der Waals surface area contributed by atoms with Gasteiger partial charge in [0.05, 0.1) is 5.69 Å². The molecule has 2 aromatic rings. The molecule has 138 valence electrons. The highest BCUT2D eigenvalue weighted by Crippen LogP contribution is 2.24. The van der Waals surface area contributed by atoms with E-state index in [-0.39, 0.29) is 23.3 Å².